The molecule has 0 N–H and O–H groups in total. The van der Waals surface area contributed by atoms with Crippen LogP contribution in [0.2, 0.25) is 0 Å². The highest BCUT2D eigenvalue weighted by Gasteiger charge is 2.21. The van der Waals surface area contributed by atoms with Gasteiger partial charge in [-0.05, 0) is 54.8 Å². The molecule has 0 atom stereocenters. The Labute approximate surface area is 322 Å². The zero-order chi connectivity index (χ0) is 37.4. The largest absolute Gasteiger partial charge is 0.456 e. The second-order valence-electron chi connectivity index (χ2n) is 13.6. The zero-order valence-electron chi connectivity index (χ0n) is 30.3. The van der Waals surface area contributed by atoms with Crippen molar-refractivity contribution >= 4 is 50.1 Å². The maximum Gasteiger partial charge on any atom is 0.180 e. The molecule has 0 bridgehead atoms. The van der Waals surface area contributed by atoms with Crippen molar-refractivity contribution in [3.05, 3.63) is 170 Å². The summed E-state index contributed by atoms with van der Waals surface area (Å²) in [6.07, 6.45) is 8.11. The topological polar surface area (TPSA) is 90.7 Å². The molecule has 0 fully saturated rings. The van der Waals surface area contributed by atoms with Gasteiger partial charge in [-0.15, -0.1) is 6.58 Å². The average molecular weight is 724 g/mol. The van der Waals surface area contributed by atoms with Gasteiger partial charge in [0.15, 0.2) is 28.9 Å². The summed E-state index contributed by atoms with van der Waals surface area (Å²) in [4.78, 5) is 25.2. The summed E-state index contributed by atoms with van der Waals surface area (Å²) >= 11 is 0. The van der Waals surface area contributed by atoms with Crippen LogP contribution >= 0.6 is 0 Å². The Morgan fingerprint density at radius 2 is 1.16 bits per heavy atom. The first-order valence-electron chi connectivity index (χ1n) is 18.6. The molecule has 7 heteroatoms. The van der Waals surface area contributed by atoms with Crippen molar-refractivity contribution in [3.63, 3.8) is 0 Å². The van der Waals surface area contributed by atoms with Crippen LogP contribution in [0.1, 0.15) is 18.4 Å². The maximum atomic E-state index is 6.58. The number of para-hydroxylation sites is 1. The van der Waals surface area contributed by atoms with Gasteiger partial charge in [-0.3, -0.25) is 0 Å². The number of rotatable bonds is 9. The lowest BCUT2D eigenvalue weighted by Gasteiger charge is -2.09. The SMILES string of the molecule is C=CCC/C=C/c1cccc(-c2nc(-c3ccc4c(c3)oc3cccc(-c5nc(-c6ccccc6)nc(-c6ccccc6)n5)c34)nc3c2oc2ccccc23)c1. The molecule has 10 aromatic rings. The van der Waals surface area contributed by atoms with E-state index >= 15 is 0 Å². The van der Waals surface area contributed by atoms with E-state index in [4.69, 9.17) is 33.8 Å². The van der Waals surface area contributed by atoms with E-state index in [1.807, 2.05) is 115 Å². The van der Waals surface area contributed by atoms with E-state index in [0.717, 1.165) is 84.8 Å². The summed E-state index contributed by atoms with van der Waals surface area (Å²) < 4.78 is 13.0. The third-order valence-corrected chi connectivity index (χ3v) is 9.92. The first kappa shape index (κ1) is 33.1. The van der Waals surface area contributed by atoms with Gasteiger partial charge < -0.3 is 8.83 Å². The van der Waals surface area contributed by atoms with E-state index < -0.39 is 0 Å². The van der Waals surface area contributed by atoms with Gasteiger partial charge in [0, 0.05) is 44.0 Å². The third-order valence-electron chi connectivity index (χ3n) is 9.92. The van der Waals surface area contributed by atoms with E-state index in [1.165, 1.54) is 0 Å². The molecule has 7 nitrogen and oxygen atoms in total. The van der Waals surface area contributed by atoms with Crippen molar-refractivity contribution in [2.45, 2.75) is 12.8 Å². The molecule has 0 radical (unpaired) electrons. The van der Waals surface area contributed by atoms with Crippen LogP contribution in [0.15, 0.2) is 173 Å². The minimum Gasteiger partial charge on any atom is -0.456 e. The second-order valence-corrected chi connectivity index (χ2v) is 13.6. The number of nitrogens with zero attached hydrogens (tertiary/aromatic N) is 5. The zero-order valence-corrected chi connectivity index (χ0v) is 30.3. The highest BCUT2D eigenvalue weighted by Crippen LogP contribution is 2.40. The van der Waals surface area contributed by atoms with Crippen LogP contribution in [0.25, 0.3) is 107 Å². The Bertz CT molecular complexity index is 3050. The van der Waals surface area contributed by atoms with Crippen LogP contribution in [0, 0.1) is 0 Å². The predicted molar refractivity (Wildman–Crippen MR) is 226 cm³/mol. The fraction of sp³-hybridized carbons (Fsp3) is 0.0408. The number of aromatic nitrogens is 5. The lowest BCUT2D eigenvalue weighted by molar-refractivity contribution is 0.667. The van der Waals surface area contributed by atoms with Gasteiger partial charge in [0.2, 0.25) is 0 Å². The average Bonchev–Trinajstić information content (AvgIpc) is 3.83. The Morgan fingerprint density at radius 3 is 1.95 bits per heavy atom. The highest BCUT2D eigenvalue weighted by molar-refractivity contribution is 6.13. The first-order chi connectivity index (χ1) is 27.7. The minimum atomic E-state index is 0.568. The van der Waals surface area contributed by atoms with Crippen molar-refractivity contribution in [2.24, 2.45) is 0 Å². The Hall–Kier alpha value is -7.51. The molecular formula is C49H33N5O2. The molecule has 0 unspecified atom stereocenters. The van der Waals surface area contributed by atoms with Crippen molar-refractivity contribution < 1.29 is 8.83 Å². The van der Waals surface area contributed by atoms with Crippen LogP contribution in [0.5, 0.6) is 0 Å². The van der Waals surface area contributed by atoms with Crippen molar-refractivity contribution in [1.29, 1.82) is 0 Å². The van der Waals surface area contributed by atoms with Gasteiger partial charge in [-0.2, -0.15) is 0 Å². The van der Waals surface area contributed by atoms with Gasteiger partial charge in [-0.1, -0.05) is 127 Å². The molecule has 10 rings (SSSR count). The fourth-order valence-electron chi connectivity index (χ4n) is 7.22. The number of allylic oxidation sites excluding steroid dienone is 2. The van der Waals surface area contributed by atoms with Crippen LogP contribution in [-0.2, 0) is 0 Å². The van der Waals surface area contributed by atoms with Crippen molar-refractivity contribution in [3.8, 4) is 56.8 Å². The van der Waals surface area contributed by atoms with Crippen LogP contribution < -0.4 is 0 Å². The molecule has 6 aromatic carbocycles. The van der Waals surface area contributed by atoms with E-state index in [0.29, 0.717) is 34.5 Å². The standard InChI is InChI=1S/C49H33N5O2/c1-2-3-4-7-16-31-17-14-22-34(29-31)43-45-44(37-23-12-13-25-39(37)56-45)51-48(50-43)35-27-28-36-41(30-35)55-40-26-15-24-38(42(36)40)49-53-46(32-18-8-5-9-19-32)52-47(54-49)33-20-10-6-11-21-33/h2,5-30H,1,3-4H2/b16-7+. The summed E-state index contributed by atoms with van der Waals surface area (Å²) in [5.74, 6) is 2.35. The fourth-order valence-corrected chi connectivity index (χ4v) is 7.22. The summed E-state index contributed by atoms with van der Waals surface area (Å²) in [6, 6.07) is 48.5. The highest BCUT2D eigenvalue weighted by atomic mass is 16.3. The van der Waals surface area contributed by atoms with Gasteiger partial charge in [0.25, 0.3) is 0 Å². The van der Waals surface area contributed by atoms with Gasteiger partial charge in [0.1, 0.15) is 28.0 Å². The summed E-state index contributed by atoms with van der Waals surface area (Å²) in [5, 5.41) is 2.80. The van der Waals surface area contributed by atoms with Crippen molar-refractivity contribution in [2.75, 3.05) is 0 Å². The maximum absolute atomic E-state index is 6.58. The molecule has 0 aliphatic rings. The van der Waals surface area contributed by atoms with E-state index in [1.54, 1.807) is 0 Å². The third kappa shape index (κ3) is 6.01. The molecule has 0 aliphatic heterocycles. The summed E-state index contributed by atoms with van der Waals surface area (Å²) in [6.45, 7) is 3.84. The molecule has 266 valence electrons. The Balaban J connectivity index is 1.12. The van der Waals surface area contributed by atoms with Gasteiger partial charge >= 0.3 is 0 Å². The molecule has 4 heterocycles. The number of hydrogen-bond donors (Lipinski definition) is 0. The normalized spacial score (nSPS) is 11.7. The molecule has 0 saturated heterocycles. The number of unbranched alkanes of at least 4 members (excludes halogenated alkanes) is 1. The minimum absolute atomic E-state index is 0.568. The van der Waals surface area contributed by atoms with E-state index in [2.05, 4.69) is 55.1 Å². The molecule has 0 amide bonds. The quantitative estimate of drug-likeness (QED) is 0.108. The Kier molecular flexibility index (Phi) is 8.30. The molecule has 4 aromatic heterocycles. The molecule has 0 aliphatic carbocycles. The van der Waals surface area contributed by atoms with Crippen molar-refractivity contribution in [1.82, 2.24) is 24.9 Å². The number of benzene rings is 6. The van der Waals surface area contributed by atoms with Gasteiger partial charge in [0.05, 0.1) is 0 Å². The predicted octanol–water partition coefficient (Wildman–Crippen LogP) is 12.8. The second kappa shape index (κ2) is 14.0. The number of hydrogen-bond acceptors (Lipinski definition) is 7. The first-order valence-corrected chi connectivity index (χ1v) is 18.6. The van der Waals surface area contributed by atoms with Crippen LogP contribution in [0.3, 0.4) is 0 Å². The van der Waals surface area contributed by atoms with Gasteiger partial charge in [-0.25, -0.2) is 24.9 Å². The number of fused-ring (bicyclic) bond motifs is 6. The summed E-state index contributed by atoms with van der Waals surface area (Å²) in [7, 11) is 0. The smallest absolute Gasteiger partial charge is 0.180 e. The summed E-state index contributed by atoms with van der Waals surface area (Å²) in [5.41, 5.74) is 9.88. The van der Waals surface area contributed by atoms with E-state index in [-0.39, 0.29) is 0 Å². The molecule has 0 spiro atoms. The van der Waals surface area contributed by atoms with Crippen LogP contribution in [-0.4, -0.2) is 24.9 Å². The van der Waals surface area contributed by atoms with E-state index in [9.17, 15) is 0 Å². The monoisotopic (exact) mass is 723 g/mol. The Morgan fingerprint density at radius 1 is 0.482 bits per heavy atom. The lowest BCUT2D eigenvalue weighted by Crippen LogP contribution is -2.00. The molecule has 56 heavy (non-hydrogen) atoms. The lowest BCUT2D eigenvalue weighted by atomic mass is 10.0. The van der Waals surface area contributed by atoms with Crippen LogP contribution in [0.4, 0.5) is 0 Å². The number of furan rings is 2. The molecule has 0 saturated carbocycles. The molecular weight excluding hydrogens is 691 g/mol.